The molecule has 1 unspecified atom stereocenters. The van der Waals surface area contributed by atoms with Gasteiger partial charge in [-0.2, -0.15) is 0 Å². The van der Waals surface area contributed by atoms with Crippen molar-refractivity contribution in [2.75, 3.05) is 0 Å². The van der Waals surface area contributed by atoms with Crippen LogP contribution in [0.3, 0.4) is 0 Å². The highest BCUT2D eigenvalue weighted by atomic mass is 16.3. The fourth-order valence-electron chi connectivity index (χ4n) is 2.99. The molecule has 1 fully saturated rings. The van der Waals surface area contributed by atoms with Crippen molar-refractivity contribution in [2.24, 2.45) is 0 Å². The smallest absolute Gasteiger partial charge is 0.104 e. The quantitative estimate of drug-likeness (QED) is 0.857. The van der Waals surface area contributed by atoms with Crippen LogP contribution in [0, 0.1) is 0 Å². The number of aryl methyl sites for hydroxylation is 1. The summed E-state index contributed by atoms with van der Waals surface area (Å²) in [6.07, 6.45) is 4.44. The molecular weight excluding hydrogens is 244 g/mol. The van der Waals surface area contributed by atoms with Crippen molar-refractivity contribution in [1.82, 2.24) is 0 Å². The van der Waals surface area contributed by atoms with Crippen LogP contribution >= 0.6 is 0 Å². The standard InChI is InChI=1S/C19H22O/c1-2-14-6-3-4-9-18(14)19(20)17-12-10-16(11-13-17)15-7-5-8-15/h3-4,6,9-13,15,19-20H,2,5,7-8H2,1H3. The Labute approximate surface area is 121 Å². The predicted molar refractivity (Wildman–Crippen MR) is 82.9 cm³/mol. The van der Waals surface area contributed by atoms with Crippen LogP contribution in [0.15, 0.2) is 48.5 Å². The average molecular weight is 266 g/mol. The molecule has 0 spiro atoms. The molecule has 0 amide bonds. The van der Waals surface area contributed by atoms with Crippen LogP contribution in [0.2, 0.25) is 0 Å². The maximum absolute atomic E-state index is 10.6. The molecule has 0 radical (unpaired) electrons. The van der Waals surface area contributed by atoms with Crippen LogP contribution in [0.4, 0.5) is 0 Å². The lowest BCUT2D eigenvalue weighted by Crippen LogP contribution is -2.09. The molecule has 0 aliphatic heterocycles. The first kappa shape index (κ1) is 13.4. The summed E-state index contributed by atoms with van der Waals surface area (Å²) in [7, 11) is 0. The van der Waals surface area contributed by atoms with Gasteiger partial charge in [-0.3, -0.25) is 0 Å². The van der Waals surface area contributed by atoms with E-state index in [2.05, 4.69) is 37.3 Å². The number of aliphatic hydroxyl groups excluding tert-OH is 1. The van der Waals surface area contributed by atoms with Gasteiger partial charge in [-0.1, -0.05) is 61.9 Å². The van der Waals surface area contributed by atoms with Gasteiger partial charge in [0.05, 0.1) is 0 Å². The van der Waals surface area contributed by atoms with Gasteiger partial charge < -0.3 is 5.11 Å². The molecule has 104 valence electrons. The number of hydrogen-bond donors (Lipinski definition) is 1. The van der Waals surface area contributed by atoms with Gasteiger partial charge in [-0.25, -0.2) is 0 Å². The molecule has 2 aromatic rings. The Balaban J connectivity index is 1.84. The number of aliphatic hydroxyl groups is 1. The molecule has 0 aromatic heterocycles. The van der Waals surface area contributed by atoms with Gasteiger partial charge in [0, 0.05) is 0 Å². The van der Waals surface area contributed by atoms with E-state index in [1.54, 1.807) is 0 Å². The summed E-state index contributed by atoms with van der Waals surface area (Å²) in [6, 6.07) is 16.7. The van der Waals surface area contributed by atoms with E-state index in [0.29, 0.717) is 0 Å². The van der Waals surface area contributed by atoms with Crippen LogP contribution in [0.25, 0.3) is 0 Å². The lowest BCUT2D eigenvalue weighted by molar-refractivity contribution is 0.219. The number of benzene rings is 2. The highest BCUT2D eigenvalue weighted by Gasteiger charge is 2.20. The Bertz CT molecular complexity index is 567. The van der Waals surface area contributed by atoms with Crippen molar-refractivity contribution in [3.63, 3.8) is 0 Å². The summed E-state index contributed by atoms with van der Waals surface area (Å²) in [5.41, 5.74) is 4.68. The van der Waals surface area contributed by atoms with E-state index in [-0.39, 0.29) is 0 Å². The van der Waals surface area contributed by atoms with Crippen molar-refractivity contribution >= 4 is 0 Å². The molecule has 0 bridgehead atoms. The van der Waals surface area contributed by atoms with Gasteiger partial charge >= 0.3 is 0 Å². The predicted octanol–water partition coefficient (Wildman–Crippen LogP) is 4.60. The lowest BCUT2D eigenvalue weighted by Gasteiger charge is -2.26. The van der Waals surface area contributed by atoms with E-state index in [1.165, 1.54) is 30.4 Å². The van der Waals surface area contributed by atoms with Gasteiger partial charge in [0.25, 0.3) is 0 Å². The molecule has 1 heteroatoms. The third-order valence-corrected chi connectivity index (χ3v) is 4.56. The minimum atomic E-state index is -0.512. The molecule has 0 saturated heterocycles. The van der Waals surface area contributed by atoms with Gasteiger partial charge in [0.2, 0.25) is 0 Å². The van der Waals surface area contributed by atoms with Crippen molar-refractivity contribution in [3.8, 4) is 0 Å². The lowest BCUT2D eigenvalue weighted by atomic mass is 9.79. The minimum absolute atomic E-state index is 0.512. The van der Waals surface area contributed by atoms with Crippen molar-refractivity contribution in [1.29, 1.82) is 0 Å². The molecule has 1 nitrogen and oxygen atoms in total. The van der Waals surface area contributed by atoms with E-state index in [9.17, 15) is 5.11 Å². The normalized spacial score (nSPS) is 16.7. The van der Waals surface area contributed by atoms with Crippen LogP contribution in [-0.2, 0) is 6.42 Å². The summed E-state index contributed by atoms with van der Waals surface area (Å²) in [6.45, 7) is 2.13. The molecule has 2 aromatic carbocycles. The van der Waals surface area contributed by atoms with Crippen molar-refractivity contribution < 1.29 is 5.11 Å². The summed E-state index contributed by atoms with van der Waals surface area (Å²) >= 11 is 0. The zero-order chi connectivity index (χ0) is 13.9. The van der Waals surface area contributed by atoms with Gasteiger partial charge in [0.15, 0.2) is 0 Å². The van der Waals surface area contributed by atoms with Gasteiger partial charge in [-0.15, -0.1) is 0 Å². The Morgan fingerprint density at radius 2 is 1.75 bits per heavy atom. The largest absolute Gasteiger partial charge is 0.384 e. The van der Waals surface area contributed by atoms with Crippen LogP contribution in [0.5, 0.6) is 0 Å². The summed E-state index contributed by atoms with van der Waals surface area (Å²) in [5, 5.41) is 10.6. The molecule has 1 atom stereocenters. The molecule has 0 heterocycles. The van der Waals surface area contributed by atoms with Crippen LogP contribution in [-0.4, -0.2) is 5.11 Å². The molecule has 1 aliphatic rings. The fourth-order valence-corrected chi connectivity index (χ4v) is 2.99. The number of hydrogen-bond acceptors (Lipinski definition) is 1. The highest BCUT2D eigenvalue weighted by Crippen LogP contribution is 2.37. The summed E-state index contributed by atoms with van der Waals surface area (Å²) in [5.74, 6) is 0.754. The Morgan fingerprint density at radius 1 is 1.05 bits per heavy atom. The first-order chi connectivity index (χ1) is 9.79. The van der Waals surface area contributed by atoms with E-state index in [0.717, 1.165) is 23.5 Å². The maximum atomic E-state index is 10.6. The summed E-state index contributed by atoms with van der Waals surface area (Å²) in [4.78, 5) is 0. The second kappa shape index (κ2) is 5.80. The van der Waals surface area contributed by atoms with Gasteiger partial charge in [0.1, 0.15) is 6.10 Å². The second-order valence-electron chi connectivity index (χ2n) is 5.75. The molecule has 1 aliphatic carbocycles. The van der Waals surface area contributed by atoms with Crippen LogP contribution < -0.4 is 0 Å². The van der Waals surface area contributed by atoms with Gasteiger partial charge in [-0.05, 0) is 47.4 Å². The third kappa shape index (κ3) is 2.51. The SMILES string of the molecule is CCc1ccccc1C(O)c1ccc(C2CCC2)cc1. The first-order valence-corrected chi connectivity index (χ1v) is 7.65. The maximum Gasteiger partial charge on any atom is 0.104 e. The second-order valence-corrected chi connectivity index (χ2v) is 5.75. The third-order valence-electron chi connectivity index (χ3n) is 4.56. The zero-order valence-corrected chi connectivity index (χ0v) is 12.0. The molecule has 1 saturated carbocycles. The molecule has 20 heavy (non-hydrogen) atoms. The van der Waals surface area contributed by atoms with Crippen molar-refractivity contribution in [3.05, 3.63) is 70.8 Å². The van der Waals surface area contributed by atoms with E-state index in [1.807, 2.05) is 18.2 Å². The topological polar surface area (TPSA) is 20.2 Å². The molecular formula is C19H22O. The highest BCUT2D eigenvalue weighted by molar-refractivity contribution is 5.37. The Hall–Kier alpha value is -1.60. The average Bonchev–Trinajstić information content (AvgIpc) is 2.45. The summed E-state index contributed by atoms with van der Waals surface area (Å²) < 4.78 is 0. The van der Waals surface area contributed by atoms with E-state index >= 15 is 0 Å². The Kier molecular flexibility index (Phi) is 3.88. The zero-order valence-electron chi connectivity index (χ0n) is 12.0. The van der Waals surface area contributed by atoms with Crippen LogP contribution in [0.1, 0.15) is 60.5 Å². The minimum Gasteiger partial charge on any atom is -0.384 e. The van der Waals surface area contributed by atoms with E-state index in [4.69, 9.17) is 0 Å². The Morgan fingerprint density at radius 3 is 2.35 bits per heavy atom. The molecule has 1 N–H and O–H groups in total. The number of rotatable bonds is 4. The first-order valence-electron chi connectivity index (χ1n) is 7.65. The fraction of sp³-hybridized carbons (Fsp3) is 0.368. The van der Waals surface area contributed by atoms with E-state index < -0.39 is 6.10 Å². The molecule has 3 rings (SSSR count). The van der Waals surface area contributed by atoms with Crippen molar-refractivity contribution in [2.45, 2.75) is 44.6 Å². The monoisotopic (exact) mass is 266 g/mol.